The van der Waals surface area contributed by atoms with Gasteiger partial charge in [0, 0.05) is 35.8 Å². The average molecular weight is 511 g/mol. The number of para-hydroxylation sites is 1. The number of nitrogens with two attached hydrogens (primary N) is 1. The molecule has 1 atom stereocenters. The molecule has 0 aliphatic carbocycles. The smallest absolute Gasteiger partial charge is 0.382 e. The molecule has 12 heteroatoms. The highest BCUT2D eigenvalue weighted by atomic mass is 32.2. The fraction of sp³-hybridized carbons (Fsp3) is 0.125. The SMILES string of the molecule is CS(=O)(=O)c1cccc2cc([C@H](c3nc(N)c4ncccc4n3)C(F)(F)F)c(-c3cccnc3)nc12. The Morgan fingerprint density at radius 1 is 0.944 bits per heavy atom. The topological polar surface area (TPSA) is 125 Å². The Balaban J connectivity index is 1.87. The number of rotatable bonds is 4. The molecule has 0 amide bonds. The Kier molecular flexibility index (Phi) is 5.55. The van der Waals surface area contributed by atoms with Gasteiger partial charge in [0.1, 0.15) is 17.3 Å². The number of alkyl halides is 3. The molecule has 5 aromatic rings. The minimum absolute atomic E-state index is 0.0478. The second-order valence-electron chi connectivity index (χ2n) is 8.08. The fourth-order valence-electron chi connectivity index (χ4n) is 4.04. The number of nitrogens with zero attached hydrogens (tertiary/aromatic N) is 5. The number of halogens is 3. The van der Waals surface area contributed by atoms with Crippen molar-refractivity contribution in [2.75, 3.05) is 12.0 Å². The zero-order valence-corrected chi connectivity index (χ0v) is 19.4. The van der Waals surface area contributed by atoms with Crippen LogP contribution in [0.5, 0.6) is 0 Å². The summed E-state index contributed by atoms with van der Waals surface area (Å²) in [5.74, 6) is -3.09. The van der Waals surface area contributed by atoms with Crippen molar-refractivity contribution in [3.8, 4) is 11.3 Å². The molecule has 36 heavy (non-hydrogen) atoms. The van der Waals surface area contributed by atoms with E-state index in [4.69, 9.17) is 5.73 Å². The van der Waals surface area contributed by atoms with Gasteiger partial charge in [-0.2, -0.15) is 13.2 Å². The van der Waals surface area contributed by atoms with E-state index in [1.807, 2.05) is 0 Å². The van der Waals surface area contributed by atoms with Gasteiger partial charge < -0.3 is 5.73 Å². The molecule has 2 N–H and O–H groups in total. The Labute approximate surface area is 203 Å². The van der Waals surface area contributed by atoms with Crippen molar-refractivity contribution in [1.82, 2.24) is 24.9 Å². The molecule has 0 spiro atoms. The van der Waals surface area contributed by atoms with E-state index < -0.39 is 27.8 Å². The minimum Gasteiger partial charge on any atom is -0.382 e. The van der Waals surface area contributed by atoms with Gasteiger partial charge in [0.25, 0.3) is 0 Å². The van der Waals surface area contributed by atoms with E-state index in [2.05, 4.69) is 24.9 Å². The summed E-state index contributed by atoms with van der Waals surface area (Å²) >= 11 is 0. The Morgan fingerprint density at radius 3 is 2.42 bits per heavy atom. The van der Waals surface area contributed by atoms with Gasteiger partial charge in [-0.3, -0.25) is 9.97 Å². The zero-order chi connectivity index (χ0) is 25.7. The lowest BCUT2D eigenvalue weighted by atomic mass is 9.91. The fourth-order valence-corrected chi connectivity index (χ4v) is 4.88. The van der Waals surface area contributed by atoms with Gasteiger partial charge in [0.05, 0.1) is 21.6 Å². The summed E-state index contributed by atoms with van der Waals surface area (Å²) in [6.07, 6.45) is 0.430. The van der Waals surface area contributed by atoms with Crippen molar-refractivity contribution in [2.24, 2.45) is 0 Å². The van der Waals surface area contributed by atoms with Gasteiger partial charge >= 0.3 is 6.18 Å². The molecular formula is C24H17F3N6O2S. The van der Waals surface area contributed by atoms with E-state index in [-0.39, 0.29) is 49.5 Å². The van der Waals surface area contributed by atoms with Crippen molar-refractivity contribution in [3.05, 3.63) is 78.5 Å². The standard InChI is InChI=1S/C24H17F3N6O2S/c1-36(34,35)17-8-2-5-13-11-15(19(32-20(13)17)14-6-3-9-29-12-14)18(24(25,26)27)23-31-16-7-4-10-30-21(16)22(28)33-23/h2-12,18H,1H3,(H2,28,31,33)/t18-/m1/s1. The molecule has 8 nitrogen and oxygen atoms in total. The second-order valence-corrected chi connectivity index (χ2v) is 10.1. The van der Waals surface area contributed by atoms with Crippen LogP contribution in [-0.4, -0.2) is 45.8 Å². The molecular weight excluding hydrogens is 493 g/mol. The maximum absolute atomic E-state index is 14.7. The van der Waals surface area contributed by atoms with Gasteiger partial charge in [0.2, 0.25) is 0 Å². The largest absolute Gasteiger partial charge is 0.402 e. The van der Waals surface area contributed by atoms with Crippen molar-refractivity contribution in [1.29, 1.82) is 0 Å². The first kappa shape index (κ1) is 23.5. The number of pyridine rings is 3. The Hall–Kier alpha value is -4.19. The summed E-state index contributed by atoms with van der Waals surface area (Å²) in [4.78, 5) is 20.5. The van der Waals surface area contributed by atoms with Gasteiger partial charge in [-0.15, -0.1) is 0 Å². The molecule has 4 heterocycles. The number of fused-ring (bicyclic) bond motifs is 2. The van der Waals surface area contributed by atoms with Crippen LogP contribution in [-0.2, 0) is 9.84 Å². The number of nitrogen functional groups attached to an aromatic ring is 1. The third-order valence-corrected chi connectivity index (χ3v) is 6.70. The van der Waals surface area contributed by atoms with Crippen LogP contribution < -0.4 is 5.73 Å². The van der Waals surface area contributed by atoms with Crippen LogP contribution in [0.25, 0.3) is 33.2 Å². The molecule has 0 saturated carbocycles. The number of sulfone groups is 1. The number of anilines is 1. The predicted molar refractivity (Wildman–Crippen MR) is 128 cm³/mol. The third kappa shape index (κ3) is 4.19. The van der Waals surface area contributed by atoms with E-state index in [1.54, 1.807) is 12.1 Å². The van der Waals surface area contributed by atoms with Crippen molar-refractivity contribution in [3.63, 3.8) is 0 Å². The molecule has 0 unspecified atom stereocenters. The van der Waals surface area contributed by atoms with E-state index in [0.29, 0.717) is 0 Å². The van der Waals surface area contributed by atoms with Crippen molar-refractivity contribution in [2.45, 2.75) is 17.0 Å². The molecule has 4 aromatic heterocycles. The summed E-state index contributed by atoms with van der Waals surface area (Å²) < 4.78 is 68.9. The van der Waals surface area contributed by atoms with Crippen LogP contribution >= 0.6 is 0 Å². The molecule has 0 radical (unpaired) electrons. The van der Waals surface area contributed by atoms with Crippen LogP contribution in [0.2, 0.25) is 0 Å². The van der Waals surface area contributed by atoms with Gasteiger partial charge in [-0.25, -0.2) is 23.4 Å². The van der Waals surface area contributed by atoms with Crippen LogP contribution in [0.15, 0.2) is 72.0 Å². The Morgan fingerprint density at radius 2 is 1.72 bits per heavy atom. The van der Waals surface area contributed by atoms with Crippen molar-refractivity contribution >= 4 is 37.6 Å². The molecule has 0 aliphatic heterocycles. The monoisotopic (exact) mass is 510 g/mol. The highest BCUT2D eigenvalue weighted by Gasteiger charge is 2.46. The normalized spacial score (nSPS) is 13.2. The molecule has 0 aliphatic rings. The summed E-state index contributed by atoms with van der Waals surface area (Å²) in [7, 11) is -3.72. The molecule has 0 bridgehead atoms. The molecule has 182 valence electrons. The summed E-state index contributed by atoms with van der Waals surface area (Å²) in [6.45, 7) is 0. The highest BCUT2D eigenvalue weighted by Crippen LogP contribution is 2.44. The van der Waals surface area contributed by atoms with Crippen LogP contribution in [0.3, 0.4) is 0 Å². The van der Waals surface area contributed by atoms with Crippen molar-refractivity contribution < 1.29 is 21.6 Å². The molecule has 5 rings (SSSR count). The van der Waals surface area contributed by atoms with Crippen LogP contribution in [0.4, 0.5) is 19.0 Å². The maximum Gasteiger partial charge on any atom is 0.402 e. The number of hydrogen-bond acceptors (Lipinski definition) is 8. The second kappa shape index (κ2) is 8.48. The predicted octanol–water partition coefficient (Wildman–Crippen LogP) is 4.31. The Bertz CT molecular complexity index is 1730. The first-order chi connectivity index (χ1) is 17.0. The van der Waals surface area contributed by atoms with E-state index in [1.165, 1.54) is 55.0 Å². The first-order valence-corrected chi connectivity index (χ1v) is 12.4. The molecule has 0 fully saturated rings. The summed E-state index contributed by atoms with van der Waals surface area (Å²) in [5.41, 5.74) is 6.24. The molecule has 0 saturated heterocycles. The average Bonchev–Trinajstić information content (AvgIpc) is 2.82. The third-order valence-electron chi connectivity index (χ3n) is 5.57. The van der Waals surface area contributed by atoms with E-state index in [0.717, 1.165) is 6.26 Å². The van der Waals surface area contributed by atoms with Gasteiger partial charge in [-0.05, 0) is 42.0 Å². The summed E-state index contributed by atoms with van der Waals surface area (Å²) in [5, 5.41) is 0.213. The summed E-state index contributed by atoms with van der Waals surface area (Å²) in [6, 6.07) is 11.7. The number of hydrogen-bond donors (Lipinski definition) is 1. The number of benzene rings is 1. The quantitative estimate of drug-likeness (QED) is 0.379. The first-order valence-electron chi connectivity index (χ1n) is 10.5. The van der Waals surface area contributed by atoms with E-state index in [9.17, 15) is 21.6 Å². The minimum atomic E-state index is -4.84. The lowest BCUT2D eigenvalue weighted by molar-refractivity contribution is -0.142. The van der Waals surface area contributed by atoms with Gasteiger partial charge in [-0.1, -0.05) is 12.1 Å². The van der Waals surface area contributed by atoms with Crippen LogP contribution in [0, 0.1) is 0 Å². The molecule has 1 aromatic carbocycles. The van der Waals surface area contributed by atoms with Gasteiger partial charge in [0.15, 0.2) is 15.7 Å². The highest BCUT2D eigenvalue weighted by molar-refractivity contribution is 7.91. The van der Waals surface area contributed by atoms with Crippen LogP contribution in [0.1, 0.15) is 17.3 Å². The maximum atomic E-state index is 14.7. The lowest BCUT2D eigenvalue weighted by Crippen LogP contribution is -2.25. The lowest BCUT2D eigenvalue weighted by Gasteiger charge is -2.23. The van der Waals surface area contributed by atoms with E-state index >= 15 is 0 Å². The zero-order valence-electron chi connectivity index (χ0n) is 18.6. The number of aromatic nitrogens is 5.